The minimum Gasteiger partial charge on any atom is -0.361 e. The molecule has 1 atom stereocenters. The van der Waals surface area contributed by atoms with E-state index in [-0.39, 0.29) is 17.8 Å². The summed E-state index contributed by atoms with van der Waals surface area (Å²) in [6.45, 7) is 1.95. The Bertz CT molecular complexity index is 869. The molecule has 2 aliphatic heterocycles. The van der Waals surface area contributed by atoms with Crippen molar-refractivity contribution in [3.05, 3.63) is 36.0 Å². The van der Waals surface area contributed by atoms with Crippen LogP contribution in [0.4, 0.5) is 4.79 Å². The molecule has 0 bridgehead atoms. The van der Waals surface area contributed by atoms with Crippen LogP contribution in [0.1, 0.15) is 31.2 Å². The molecule has 4 amide bonds. The van der Waals surface area contributed by atoms with Crippen LogP contribution in [0.25, 0.3) is 10.9 Å². The number of carbonyl (C=O) groups is 3. The first-order valence-electron chi connectivity index (χ1n) is 9.58. The fraction of sp³-hybridized carbons (Fsp3) is 0.450. The average molecular weight is 368 g/mol. The molecule has 2 fully saturated rings. The van der Waals surface area contributed by atoms with Crippen LogP contribution >= 0.6 is 0 Å². The number of rotatable bonds is 6. The lowest BCUT2D eigenvalue weighted by molar-refractivity contribution is -0.131. The molecular formula is C20H24N4O3. The third-order valence-corrected chi connectivity index (χ3v) is 5.49. The van der Waals surface area contributed by atoms with Crippen LogP contribution in [0.5, 0.6) is 0 Å². The lowest BCUT2D eigenvalue weighted by atomic mass is 10.1. The topological polar surface area (TPSA) is 85.5 Å². The zero-order chi connectivity index (χ0) is 18.8. The molecule has 2 aromatic rings. The summed E-state index contributed by atoms with van der Waals surface area (Å²) in [5.74, 6) is -0.152. The molecular weight excluding hydrogens is 344 g/mol. The summed E-state index contributed by atoms with van der Waals surface area (Å²) in [4.78, 5) is 43.3. The van der Waals surface area contributed by atoms with Crippen LogP contribution in [-0.4, -0.2) is 58.3 Å². The molecule has 2 saturated heterocycles. The van der Waals surface area contributed by atoms with Gasteiger partial charge < -0.3 is 15.2 Å². The number of aromatic amines is 1. The van der Waals surface area contributed by atoms with Crippen molar-refractivity contribution in [3.8, 4) is 0 Å². The number of benzene rings is 1. The van der Waals surface area contributed by atoms with Crippen LogP contribution in [0, 0.1) is 0 Å². The van der Waals surface area contributed by atoms with Crippen molar-refractivity contribution >= 4 is 28.7 Å². The molecule has 2 aliphatic rings. The van der Waals surface area contributed by atoms with E-state index in [1.54, 1.807) is 0 Å². The first kappa shape index (κ1) is 17.6. The first-order valence-corrected chi connectivity index (χ1v) is 9.58. The van der Waals surface area contributed by atoms with E-state index >= 15 is 0 Å². The van der Waals surface area contributed by atoms with E-state index in [2.05, 4.69) is 10.3 Å². The molecule has 142 valence electrons. The van der Waals surface area contributed by atoms with Gasteiger partial charge in [0.15, 0.2) is 0 Å². The Hall–Kier alpha value is -2.83. The number of nitrogens with zero attached hydrogens (tertiary/aromatic N) is 2. The zero-order valence-electron chi connectivity index (χ0n) is 15.2. The molecule has 1 aromatic heterocycles. The summed E-state index contributed by atoms with van der Waals surface area (Å²) in [7, 11) is 0. The van der Waals surface area contributed by atoms with E-state index in [1.807, 2.05) is 35.4 Å². The second kappa shape index (κ2) is 7.42. The van der Waals surface area contributed by atoms with Gasteiger partial charge in [-0.3, -0.25) is 14.5 Å². The van der Waals surface area contributed by atoms with Gasteiger partial charge in [-0.1, -0.05) is 18.2 Å². The molecule has 1 unspecified atom stereocenters. The minimum atomic E-state index is -0.591. The van der Waals surface area contributed by atoms with E-state index in [4.69, 9.17) is 0 Å². The van der Waals surface area contributed by atoms with Crippen LogP contribution in [0.15, 0.2) is 30.5 Å². The summed E-state index contributed by atoms with van der Waals surface area (Å²) < 4.78 is 0. The number of imide groups is 1. The number of urea groups is 1. The van der Waals surface area contributed by atoms with E-state index in [0.29, 0.717) is 25.8 Å². The van der Waals surface area contributed by atoms with Crippen molar-refractivity contribution in [1.29, 1.82) is 0 Å². The number of likely N-dealkylation sites (tertiary alicyclic amines) is 1. The highest BCUT2D eigenvalue weighted by atomic mass is 16.2. The van der Waals surface area contributed by atoms with Crippen molar-refractivity contribution < 1.29 is 14.4 Å². The largest absolute Gasteiger partial charge is 0.361 e. The molecule has 1 aromatic carbocycles. The van der Waals surface area contributed by atoms with Crippen molar-refractivity contribution in [1.82, 2.24) is 20.1 Å². The van der Waals surface area contributed by atoms with Gasteiger partial charge in [0.05, 0.1) is 0 Å². The third kappa shape index (κ3) is 3.54. The van der Waals surface area contributed by atoms with E-state index in [1.165, 1.54) is 4.90 Å². The van der Waals surface area contributed by atoms with Gasteiger partial charge in [-0.05, 0) is 37.3 Å². The molecule has 3 heterocycles. The summed E-state index contributed by atoms with van der Waals surface area (Å²) in [5, 5.41) is 3.83. The number of fused-ring (bicyclic) bond motifs is 1. The normalized spacial score (nSPS) is 19.9. The summed E-state index contributed by atoms with van der Waals surface area (Å²) >= 11 is 0. The van der Waals surface area contributed by atoms with Gasteiger partial charge in [0.1, 0.15) is 6.04 Å². The molecule has 2 N–H and O–H groups in total. The molecule has 0 radical (unpaired) electrons. The molecule has 7 nitrogen and oxygen atoms in total. The maximum absolute atomic E-state index is 12.6. The summed E-state index contributed by atoms with van der Waals surface area (Å²) in [6, 6.07) is 7.01. The van der Waals surface area contributed by atoms with Crippen molar-refractivity contribution in [3.63, 3.8) is 0 Å². The highest BCUT2D eigenvalue weighted by Crippen LogP contribution is 2.20. The Labute approximate surface area is 157 Å². The average Bonchev–Trinajstić information content (AvgIpc) is 3.39. The lowest BCUT2D eigenvalue weighted by Crippen LogP contribution is -2.34. The standard InChI is InChI=1S/C20H24N4O3/c25-18(23-10-3-4-11-23)8-7-17-19(26)24(20(27)22-17)12-9-14-13-21-16-6-2-1-5-15(14)16/h1-2,5-6,13,17,21H,3-4,7-12H2,(H,22,27). The van der Waals surface area contributed by atoms with E-state index in [0.717, 1.165) is 42.4 Å². The van der Waals surface area contributed by atoms with E-state index in [9.17, 15) is 14.4 Å². The number of carbonyl (C=O) groups excluding carboxylic acids is 3. The second-order valence-electron chi connectivity index (χ2n) is 7.23. The number of para-hydroxylation sites is 1. The van der Waals surface area contributed by atoms with Gasteiger partial charge in [-0.2, -0.15) is 0 Å². The molecule has 4 rings (SSSR count). The summed E-state index contributed by atoms with van der Waals surface area (Å²) in [5.41, 5.74) is 2.13. The maximum atomic E-state index is 12.6. The second-order valence-corrected chi connectivity index (χ2v) is 7.23. The van der Waals surface area contributed by atoms with Crippen LogP contribution in [0.2, 0.25) is 0 Å². The molecule has 0 saturated carbocycles. The molecule has 0 spiro atoms. The molecule has 7 heteroatoms. The van der Waals surface area contributed by atoms with Gasteiger partial charge >= 0.3 is 6.03 Å². The highest BCUT2D eigenvalue weighted by molar-refractivity contribution is 6.04. The lowest BCUT2D eigenvalue weighted by Gasteiger charge is -2.16. The van der Waals surface area contributed by atoms with Crippen molar-refractivity contribution in [2.75, 3.05) is 19.6 Å². The van der Waals surface area contributed by atoms with Gasteiger partial charge in [0.25, 0.3) is 5.91 Å². The fourth-order valence-corrected chi connectivity index (χ4v) is 3.95. The van der Waals surface area contributed by atoms with Crippen molar-refractivity contribution in [2.24, 2.45) is 0 Å². The Balaban J connectivity index is 1.33. The van der Waals surface area contributed by atoms with Gasteiger partial charge in [0.2, 0.25) is 5.91 Å². The fourth-order valence-electron chi connectivity index (χ4n) is 3.95. The SMILES string of the molecule is O=C(CCC1NC(=O)N(CCc2c[nH]c3ccccc23)C1=O)N1CCCC1. The van der Waals surface area contributed by atoms with Crippen LogP contribution in [-0.2, 0) is 16.0 Å². The zero-order valence-corrected chi connectivity index (χ0v) is 15.2. The first-order chi connectivity index (χ1) is 13.1. The Morgan fingerprint density at radius 1 is 1.15 bits per heavy atom. The third-order valence-electron chi connectivity index (χ3n) is 5.49. The van der Waals surface area contributed by atoms with Gasteiger partial charge in [0, 0.05) is 43.2 Å². The number of hydrogen-bond acceptors (Lipinski definition) is 3. The van der Waals surface area contributed by atoms with Gasteiger partial charge in [-0.15, -0.1) is 0 Å². The number of aromatic nitrogens is 1. The number of nitrogens with one attached hydrogen (secondary N) is 2. The Morgan fingerprint density at radius 3 is 2.74 bits per heavy atom. The number of hydrogen-bond donors (Lipinski definition) is 2. The minimum absolute atomic E-state index is 0.0757. The van der Waals surface area contributed by atoms with Crippen LogP contribution in [0.3, 0.4) is 0 Å². The predicted molar refractivity (Wildman–Crippen MR) is 101 cm³/mol. The number of H-pyrrole nitrogens is 1. The van der Waals surface area contributed by atoms with E-state index < -0.39 is 6.04 Å². The quantitative estimate of drug-likeness (QED) is 0.765. The Kier molecular flexibility index (Phi) is 4.83. The highest BCUT2D eigenvalue weighted by Gasteiger charge is 2.37. The van der Waals surface area contributed by atoms with Crippen molar-refractivity contribution in [2.45, 2.75) is 38.1 Å². The Morgan fingerprint density at radius 2 is 1.93 bits per heavy atom. The van der Waals surface area contributed by atoms with Crippen LogP contribution < -0.4 is 5.32 Å². The summed E-state index contributed by atoms with van der Waals surface area (Å²) in [6.07, 6.45) is 5.29. The number of amides is 4. The van der Waals surface area contributed by atoms with Gasteiger partial charge in [-0.25, -0.2) is 4.79 Å². The monoisotopic (exact) mass is 368 g/mol. The predicted octanol–water partition coefficient (Wildman–Crippen LogP) is 2.03. The molecule has 0 aliphatic carbocycles. The molecule has 27 heavy (non-hydrogen) atoms. The smallest absolute Gasteiger partial charge is 0.324 e. The maximum Gasteiger partial charge on any atom is 0.324 e.